The highest BCUT2D eigenvalue weighted by molar-refractivity contribution is 5.57. The van der Waals surface area contributed by atoms with Gasteiger partial charge in [0.1, 0.15) is 0 Å². The van der Waals surface area contributed by atoms with Crippen LogP contribution in [0.3, 0.4) is 0 Å². The van der Waals surface area contributed by atoms with Gasteiger partial charge in [-0.3, -0.25) is 0 Å². The first-order chi connectivity index (χ1) is 3.27. The van der Waals surface area contributed by atoms with Crippen LogP contribution < -0.4 is 0 Å². The summed E-state index contributed by atoms with van der Waals surface area (Å²) in [4.78, 5) is 0. The number of aliphatic hydroxyl groups is 1. The summed E-state index contributed by atoms with van der Waals surface area (Å²) < 4.78 is 0. The summed E-state index contributed by atoms with van der Waals surface area (Å²) >= 11 is 0. The fraction of sp³-hybridized carbons (Fsp3) is 0.750. The minimum atomic E-state index is 0.0121. The van der Waals surface area contributed by atoms with Crippen molar-refractivity contribution in [2.24, 2.45) is 5.10 Å². The van der Waals surface area contributed by atoms with Crippen LogP contribution in [0.2, 0.25) is 0 Å². The molecule has 0 aliphatic heterocycles. The molecule has 0 saturated heterocycles. The highest BCUT2D eigenvalue weighted by Crippen LogP contribution is 1.68. The topological polar surface area (TPSA) is 35.8 Å². The van der Waals surface area contributed by atoms with Gasteiger partial charge in [-0.2, -0.15) is 5.10 Å². The van der Waals surface area contributed by atoms with Gasteiger partial charge in [-0.05, 0) is 0 Å². The van der Waals surface area contributed by atoms with Crippen molar-refractivity contribution >= 4 is 6.21 Å². The third-order valence-corrected chi connectivity index (χ3v) is 0.394. The van der Waals surface area contributed by atoms with E-state index in [0.29, 0.717) is 0 Å². The molecule has 0 atom stereocenters. The van der Waals surface area contributed by atoms with E-state index in [1.165, 1.54) is 6.21 Å². The second kappa shape index (κ2) is 3.61. The quantitative estimate of drug-likeness (QED) is 0.378. The SMILES string of the molecule is CN(C)N=CCO. The van der Waals surface area contributed by atoms with Crippen LogP contribution in [-0.4, -0.2) is 37.0 Å². The van der Waals surface area contributed by atoms with Crippen LogP contribution in [0.4, 0.5) is 0 Å². The Kier molecular flexibility index (Phi) is 3.32. The Hall–Kier alpha value is -0.570. The van der Waals surface area contributed by atoms with Crippen molar-refractivity contribution in [1.29, 1.82) is 0 Å². The molecule has 0 rings (SSSR count). The van der Waals surface area contributed by atoms with Crippen molar-refractivity contribution < 1.29 is 5.11 Å². The van der Waals surface area contributed by atoms with E-state index in [0.717, 1.165) is 0 Å². The Morgan fingerprint density at radius 3 is 2.43 bits per heavy atom. The lowest BCUT2D eigenvalue weighted by Crippen LogP contribution is -2.02. The number of rotatable bonds is 2. The normalized spacial score (nSPS) is 10.1. The van der Waals surface area contributed by atoms with E-state index in [1.54, 1.807) is 19.1 Å². The van der Waals surface area contributed by atoms with Crippen LogP contribution in [0.5, 0.6) is 0 Å². The molecule has 7 heavy (non-hydrogen) atoms. The van der Waals surface area contributed by atoms with Gasteiger partial charge in [0.2, 0.25) is 0 Å². The predicted octanol–water partition coefficient (Wildman–Crippen LogP) is -0.474. The molecular weight excluding hydrogens is 92.1 g/mol. The van der Waals surface area contributed by atoms with E-state index in [2.05, 4.69) is 5.10 Å². The molecule has 0 bridgehead atoms. The first-order valence-electron chi connectivity index (χ1n) is 2.08. The molecule has 0 amide bonds. The molecule has 0 spiro atoms. The summed E-state index contributed by atoms with van der Waals surface area (Å²) in [7, 11) is 3.60. The van der Waals surface area contributed by atoms with E-state index in [9.17, 15) is 0 Å². The van der Waals surface area contributed by atoms with Crippen molar-refractivity contribution in [2.45, 2.75) is 0 Å². The van der Waals surface area contributed by atoms with Crippen LogP contribution in [0.25, 0.3) is 0 Å². The van der Waals surface area contributed by atoms with Crippen LogP contribution in [-0.2, 0) is 0 Å². The summed E-state index contributed by atoms with van der Waals surface area (Å²) in [5, 5.41) is 13.5. The van der Waals surface area contributed by atoms with E-state index < -0.39 is 0 Å². The second-order valence-electron chi connectivity index (χ2n) is 1.33. The molecule has 0 aliphatic rings. The van der Waals surface area contributed by atoms with Gasteiger partial charge in [0.05, 0.1) is 6.61 Å². The summed E-state index contributed by atoms with van der Waals surface area (Å²) in [5.41, 5.74) is 0. The zero-order chi connectivity index (χ0) is 5.70. The van der Waals surface area contributed by atoms with Gasteiger partial charge in [0, 0.05) is 20.3 Å². The van der Waals surface area contributed by atoms with E-state index in [1.807, 2.05) is 0 Å². The Labute approximate surface area is 43.3 Å². The molecule has 0 aromatic rings. The van der Waals surface area contributed by atoms with Crippen molar-refractivity contribution in [1.82, 2.24) is 5.01 Å². The number of nitrogens with zero attached hydrogens (tertiary/aromatic N) is 2. The third kappa shape index (κ3) is 5.43. The monoisotopic (exact) mass is 102 g/mol. The summed E-state index contributed by atoms with van der Waals surface area (Å²) in [6.07, 6.45) is 1.43. The average Bonchev–Trinajstić information content (AvgIpc) is 1.61. The summed E-state index contributed by atoms with van der Waals surface area (Å²) in [5.74, 6) is 0. The lowest BCUT2D eigenvalue weighted by Gasteiger charge is -1.99. The predicted molar refractivity (Wildman–Crippen MR) is 29.3 cm³/mol. The van der Waals surface area contributed by atoms with Crippen LogP contribution >= 0.6 is 0 Å². The number of hydrogen-bond donors (Lipinski definition) is 1. The van der Waals surface area contributed by atoms with E-state index in [-0.39, 0.29) is 6.61 Å². The van der Waals surface area contributed by atoms with Crippen LogP contribution in [0.1, 0.15) is 0 Å². The zero-order valence-corrected chi connectivity index (χ0v) is 4.63. The van der Waals surface area contributed by atoms with Gasteiger partial charge in [-0.15, -0.1) is 0 Å². The molecule has 0 aliphatic carbocycles. The van der Waals surface area contributed by atoms with Crippen molar-refractivity contribution in [2.75, 3.05) is 20.7 Å². The fourth-order valence-electron chi connectivity index (χ4n) is 0.200. The minimum Gasteiger partial charge on any atom is -0.391 e. The molecule has 0 aromatic heterocycles. The highest BCUT2D eigenvalue weighted by Gasteiger charge is 1.70. The molecular formula is C4H10N2O. The standard InChI is InChI=1S/C4H10N2O/c1-6(2)5-3-4-7/h3,7H,4H2,1-2H3. The Bertz CT molecular complexity index is 60.7. The smallest absolute Gasteiger partial charge is 0.0801 e. The molecule has 0 saturated carbocycles. The Morgan fingerprint density at radius 2 is 2.29 bits per heavy atom. The van der Waals surface area contributed by atoms with Gasteiger partial charge in [0.25, 0.3) is 0 Å². The van der Waals surface area contributed by atoms with Crippen molar-refractivity contribution in [3.8, 4) is 0 Å². The molecule has 1 N–H and O–H groups in total. The Morgan fingerprint density at radius 1 is 1.71 bits per heavy atom. The van der Waals surface area contributed by atoms with Gasteiger partial charge in [-0.25, -0.2) is 0 Å². The molecule has 0 unspecified atom stereocenters. The second-order valence-corrected chi connectivity index (χ2v) is 1.33. The maximum atomic E-state index is 8.14. The molecule has 3 nitrogen and oxygen atoms in total. The highest BCUT2D eigenvalue weighted by atomic mass is 16.3. The average molecular weight is 102 g/mol. The summed E-state index contributed by atoms with van der Waals surface area (Å²) in [6.45, 7) is 0.0121. The van der Waals surface area contributed by atoms with E-state index in [4.69, 9.17) is 5.11 Å². The zero-order valence-electron chi connectivity index (χ0n) is 4.63. The molecule has 42 valence electrons. The van der Waals surface area contributed by atoms with Gasteiger partial charge in [-0.1, -0.05) is 0 Å². The molecule has 0 radical (unpaired) electrons. The van der Waals surface area contributed by atoms with Crippen molar-refractivity contribution in [3.63, 3.8) is 0 Å². The lowest BCUT2D eigenvalue weighted by molar-refractivity contribution is 0.354. The van der Waals surface area contributed by atoms with Gasteiger partial charge >= 0.3 is 0 Å². The first kappa shape index (κ1) is 6.43. The minimum absolute atomic E-state index is 0.0121. The summed E-state index contributed by atoms with van der Waals surface area (Å²) in [6, 6.07) is 0. The van der Waals surface area contributed by atoms with Crippen LogP contribution in [0, 0.1) is 0 Å². The van der Waals surface area contributed by atoms with Gasteiger partial charge < -0.3 is 10.1 Å². The Balaban J connectivity index is 3.08. The first-order valence-corrected chi connectivity index (χ1v) is 2.08. The van der Waals surface area contributed by atoms with Crippen LogP contribution in [0.15, 0.2) is 5.10 Å². The lowest BCUT2D eigenvalue weighted by atomic mass is 10.8. The third-order valence-electron chi connectivity index (χ3n) is 0.394. The van der Waals surface area contributed by atoms with E-state index >= 15 is 0 Å². The molecule has 0 heterocycles. The maximum Gasteiger partial charge on any atom is 0.0801 e. The maximum absolute atomic E-state index is 8.14. The molecule has 3 heteroatoms. The largest absolute Gasteiger partial charge is 0.391 e. The number of aliphatic hydroxyl groups excluding tert-OH is 1. The van der Waals surface area contributed by atoms with Gasteiger partial charge in [0.15, 0.2) is 0 Å². The molecule has 0 aromatic carbocycles. The van der Waals surface area contributed by atoms with Crippen molar-refractivity contribution in [3.05, 3.63) is 0 Å². The fourth-order valence-corrected chi connectivity index (χ4v) is 0.200. The molecule has 0 fully saturated rings. The number of hydrazone groups is 1. The number of hydrogen-bond acceptors (Lipinski definition) is 3.